The Labute approximate surface area is 148 Å². The maximum atomic E-state index is 13.4. The summed E-state index contributed by atoms with van der Waals surface area (Å²) >= 11 is 0. The van der Waals surface area contributed by atoms with E-state index in [1.807, 2.05) is 45.0 Å². The fourth-order valence-corrected chi connectivity index (χ4v) is 4.84. The molecule has 2 aromatic rings. The highest BCUT2D eigenvalue weighted by Gasteiger charge is 2.43. The zero-order valence-corrected chi connectivity index (χ0v) is 15.6. The summed E-state index contributed by atoms with van der Waals surface area (Å²) in [6.07, 6.45) is 0. The van der Waals surface area contributed by atoms with Gasteiger partial charge in [-0.15, -0.1) is 0 Å². The molecule has 5 nitrogen and oxygen atoms in total. The van der Waals surface area contributed by atoms with Gasteiger partial charge in [-0.05, 0) is 36.8 Å². The standard InChI is InChI=1S/C19H24NO4P/c1-14-4-6-15(7-5-14)18(20-16-8-10-17(21)11-9-16)25(22)23-12-19(2,3)13-24-25/h4-11,18,20-21H,12-13H2,1-3H3/t18-/m0/s1. The van der Waals surface area contributed by atoms with E-state index < -0.39 is 13.4 Å². The Morgan fingerprint density at radius 3 is 2.16 bits per heavy atom. The van der Waals surface area contributed by atoms with E-state index in [1.54, 1.807) is 24.3 Å². The molecule has 1 aliphatic rings. The van der Waals surface area contributed by atoms with Crippen molar-refractivity contribution in [1.29, 1.82) is 0 Å². The number of anilines is 1. The molecule has 6 heteroatoms. The molecule has 0 spiro atoms. The van der Waals surface area contributed by atoms with Crippen LogP contribution in [0.3, 0.4) is 0 Å². The van der Waals surface area contributed by atoms with Gasteiger partial charge in [0, 0.05) is 11.1 Å². The summed E-state index contributed by atoms with van der Waals surface area (Å²) in [5.74, 6) is -0.440. The second-order valence-electron chi connectivity index (χ2n) is 7.26. The van der Waals surface area contributed by atoms with Gasteiger partial charge in [0.05, 0.1) is 13.2 Å². The maximum Gasteiger partial charge on any atom is 0.357 e. The topological polar surface area (TPSA) is 67.8 Å². The van der Waals surface area contributed by atoms with Crippen molar-refractivity contribution < 1.29 is 18.7 Å². The van der Waals surface area contributed by atoms with Gasteiger partial charge < -0.3 is 19.5 Å². The van der Waals surface area contributed by atoms with Crippen LogP contribution in [-0.2, 0) is 13.6 Å². The molecule has 0 bridgehead atoms. The molecule has 0 amide bonds. The van der Waals surface area contributed by atoms with Gasteiger partial charge in [0.1, 0.15) is 5.75 Å². The minimum Gasteiger partial charge on any atom is -0.508 e. The molecule has 2 aromatic carbocycles. The van der Waals surface area contributed by atoms with Gasteiger partial charge in [-0.25, -0.2) is 0 Å². The van der Waals surface area contributed by atoms with E-state index in [9.17, 15) is 9.67 Å². The monoisotopic (exact) mass is 361 g/mol. The van der Waals surface area contributed by atoms with Crippen LogP contribution in [0.15, 0.2) is 48.5 Å². The van der Waals surface area contributed by atoms with Gasteiger partial charge in [0.15, 0.2) is 5.78 Å². The minimum absolute atomic E-state index is 0.162. The summed E-state index contributed by atoms with van der Waals surface area (Å²) in [6, 6.07) is 14.4. The summed E-state index contributed by atoms with van der Waals surface area (Å²) in [5, 5.41) is 12.7. The van der Waals surface area contributed by atoms with Crippen molar-refractivity contribution in [2.75, 3.05) is 18.5 Å². The number of phenolic OH excluding ortho intramolecular Hbond substituents is 1. The second kappa shape index (κ2) is 6.83. The summed E-state index contributed by atoms with van der Waals surface area (Å²) in [5.41, 5.74) is 2.53. The number of benzene rings is 2. The van der Waals surface area contributed by atoms with Crippen LogP contribution in [0.25, 0.3) is 0 Å². The Morgan fingerprint density at radius 1 is 1.04 bits per heavy atom. The van der Waals surface area contributed by atoms with Gasteiger partial charge in [0.25, 0.3) is 0 Å². The average molecular weight is 361 g/mol. The third-order valence-corrected chi connectivity index (χ3v) is 6.19. The number of hydrogen-bond donors (Lipinski definition) is 2. The fourth-order valence-electron chi connectivity index (χ4n) is 2.57. The van der Waals surface area contributed by atoms with E-state index in [4.69, 9.17) is 9.05 Å². The van der Waals surface area contributed by atoms with Crippen molar-refractivity contribution in [1.82, 2.24) is 0 Å². The molecule has 0 unspecified atom stereocenters. The molecule has 1 saturated heterocycles. The Hall–Kier alpha value is -1.81. The number of aromatic hydroxyl groups is 1. The minimum atomic E-state index is -3.39. The van der Waals surface area contributed by atoms with Crippen LogP contribution < -0.4 is 5.32 Å². The lowest BCUT2D eigenvalue weighted by molar-refractivity contribution is 0.0387. The lowest BCUT2D eigenvalue weighted by Gasteiger charge is -2.38. The quantitative estimate of drug-likeness (QED) is 0.587. The molecule has 0 aliphatic carbocycles. The van der Waals surface area contributed by atoms with Crippen LogP contribution >= 0.6 is 7.60 Å². The number of aryl methyl sites for hydroxylation is 1. The third-order valence-electron chi connectivity index (χ3n) is 4.15. The first-order chi connectivity index (χ1) is 11.8. The van der Waals surface area contributed by atoms with E-state index in [0.29, 0.717) is 13.2 Å². The molecule has 2 N–H and O–H groups in total. The lowest BCUT2D eigenvalue weighted by Crippen LogP contribution is -2.31. The van der Waals surface area contributed by atoms with Gasteiger partial charge in [-0.1, -0.05) is 43.7 Å². The molecular weight excluding hydrogens is 337 g/mol. The van der Waals surface area contributed by atoms with Crippen molar-refractivity contribution in [3.05, 3.63) is 59.7 Å². The van der Waals surface area contributed by atoms with Crippen LogP contribution in [0.1, 0.15) is 30.8 Å². The zero-order chi connectivity index (χ0) is 18.1. The molecule has 3 rings (SSSR count). The first-order valence-corrected chi connectivity index (χ1v) is 9.90. The predicted molar refractivity (Wildman–Crippen MR) is 98.9 cm³/mol. The molecular formula is C19H24NO4P. The molecule has 1 aliphatic heterocycles. The Morgan fingerprint density at radius 2 is 1.60 bits per heavy atom. The first kappa shape index (κ1) is 18.0. The summed E-state index contributed by atoms with van der Waals surface area (Å²) in [6.45, 7) is 6.80. The lowest BCUT2D eigenvalue weighted by atomic mass is 9.97. The molecule has 0 saturated carbocycles. The van der Waals surface area contributed by atoms with E-state index >= 15 is 0 Å². The maximum absolute atomic E-state index is 13.4. The van der Waals surface area contributed by atoms with Crippen LogP contribution in [0, 0.1) is 12.3 Å². The molecule has 134 valence electrons. The van der Waals surface area contributed by atoms with Crippen molar-refractivity contribution in [2.45, 2.75) is 26.6 Å². The van der Waals surface area contributed by atoms with Gasteiger partial charge in [-0.3, -0.25) is 4.57 Å². The van der Waals surface area contributed by atoms with Crippen molar-refractivity contribution >= 4 is 13.3 Å². The number of rotatable bonds is 4. The molecule has 0 radical (unpaired) electrons. The van der Waals surface area contributed by atoms with E-state index in [-0.39, 0.29) is 11.2 Å². The SMILES string of the molecule is Cc1ccc([C@@H](Nc2ccc(O)cc2)P2(=O)OCC(C)(C)CO2)cc1. The van der Waals surface area contributed by atoms with Crippen molar-refractivity contribution in [3.63, 3.8) is 0 Å². The van der Waals surface area contributed by atoms with Crippen LogP contribution in [-0.4, -0.2) is 18.3 Å². The summed E-state index contributed by atoms with van der Waals surface area (Å²) in [7, 11) is -3.39. The number of nitrogens with one attached hydrogen (secondary N) is 1. The Bertz CT molecular complexity index is 757. The zero-order valence-electron chi connectivity index (χ0n) is 14.7. The van der Waals surface area contributed by atoms with E-state index in [1.165, 1.54) is 0 Å². The highest BCUT2D eigenvalue weighted by molar-refractivity contribution is 7.54. The second-order valence-corrected chi connectivity index (χ2v) is 9.37. The Balaban J connectivity index is 1.92. The Kier molecular flexibility index (Phi) is 4.92. The van der Waals surface area contributed by atoms with Crippen molar-refractivity contribution in [3.8, 4) is 5.75 Å². The highest BCUT2D eigenvalue weighted by atomic mass is 31.2. The molecule has 1 atom stereocenters. The highest BCUT2D eigenvalue weighted by Crippen LogP contribution is 2.63. The van der Waals surface area contributed by atoms with E-state index in [2.05, 4.69) is 5.32 Å². The first-order valence-electron chi connectivity index (χ1n) is 8.28. The molecule has 0 aromatic heterocycles. The van der Waals surface area contributed by atoms with Crippen LogP contribution in [0.4, 0.5) is 5.69 Å². The van der Waals surface area contributed by atoms with Crippen LogP contribution in [0.2, 0.25) is 0 Å². The van der Waals surface area contributed by atoms with Gasteiger partial charge in [-0.2, -0.15) is 0 Å². The van der Waals surface area contributed by atoms with Gasteiger partial charge >= 0.3 is 7.60 Å². The summed E-state index contributed by atoms with van der Waals surface area (Å²) < 4.78 is 24.9. The third kappa shape index (κ3) is 4.24. The average Bonchev–Trinajstić information content (AvgIpc) is 2.58. The fraction of sp³-hybridized carbons (Fsp3) is 0.368. The molecule has 1 fully saturated rings. The number of phenols is 1. The van der Waals surface area contributed by atoms with Crippen LogP contribution in [0.5, 0.6) is 5.75 Å². The predicted octanol–water partition coefficient (Wildman–Crippen LogP) is 5.08. The van der Waals surface area contributed by atoms with E-state index in [0.717, 1.165) is 16.8 Å². The molecule has 25 heavy (non-hydrogen) atoms. The smallest absolute Gasteiger partial charge is 0.357 e. The normalized spacial score (nSPS) is 20.0. The van der Waals surface area contributed by atoms with Gasteiger partial charge in [0.2, 0.25) is 0 Å². The van der Waals surface area contributed by atoms with Crippen molar-refractivity contribution in [2.24, 2.45) is 5.41 Å². The summed E-state index contributed by atoms with van der Waals surface area (Å²) in [4.78, 5) is 0. The number of hydrogen-bond acceptors (Lipinski definition) is 5. The molecule has 1 heterocycles. The largest absolute Gasteiger partial charge is 0.508 e.